The van der Waals surface area contributed by atoms with E-state index in [4.69, 9.17) is 11.6 Å². The first-order chi connectivity index (χ1) is 7.98. The van der Waals surface area contributed by atoms with E-state index in [9.17, 15) is 13.2 Å². The molecular formula is C11H13ClF3NS. The average molecular weight is 284 g/mol. The number of aromatic nitrogens is 1. The number of nitrogens with zero attached hydrogens (tertiary/aromatic N) is 1. The second-order valence-electron chi connectivity index (χ2n) is 4.33. The third kappa shape index (κ3) is 3.13. The zero-order valence-electron chi connectivity index (χ0n) is 9.13. The van der Waals surface area contributed by atoms with Gasteiger partial charge in [0.1, 0.15) is 0 Å². The largest absolute Gasteiger partial charge is 0.443 e. The second kappa shape index (κ2) is 5.14. The average Bonchev–Trinajstić information content (AvgIpc) is 2.63. The van der Waals surface area contributed by atoms with Crippen molar-refractivity contribution in [3.63, 3.8) is 0 Å². The maximum Gasteiger partial charge on any atom is 0.443 e. The van der Waals surface area contributed by atoms with Gasteiger partial charge in [0, 0.05) is 22.4 Å². The molecule has 0 radical (unpaired) electrons. The van der Waals surface area contributed by atoms with Crippen LogP contribution in [0.15, 0.2) is 6.20 Å². The Labute approximate surface area is 107 Å². The molecule has 0 spiro atoms. The Hall–Kier alpha value is -0.290. The Balaban J connectivity index is 2.18. The van der Waals surface area contributed by atoms with Crippen LogP contribution in [0.3, 0.4) is 0 Å². The lowest BCUT2D eigenvalue weighted by atomic mass is 9.99. The summed E-state index contributed by atoms with van der Waals surface area (Å²) in [6.45, 7) is 0. The molecule has 17 heavy (non-hydrogen) atoms. The van der Waals surface area contributed by atoms with E-state index in [0.717, 1.165) is 43.4 Å². The molecule has 6 heteroatoms. The lowest BCUT2D eigenvalue weighted by Gasteiger charge is -2.17. The predicted molar refractivity (Wildman–Crippen MR) is 62.6 cm³/mol. The molecule has 0 amide bonds. The van der Waals surface area contributed by atoms with Gasteiger partial charge < -0.3 is 0 Å². The minimum Gasteiger partial charge on any atom is -0.240 e. The Bertz CT molecular complexity index is 377. The van der Waals surface area contributed by atoms with Crippen molar-refractivity contribution in [2.45, 2.75) is 49.6 Å². The van der Waals surface area contributed by atoms with E-state index >= 15 is 0 Å². The quantitative estimate of drug-likeness (QED) is 0.532. The molecule has 1 nitrogen and oxygen atoms in total. The fourth-order valence-electron chi connectivity index (χ4n) is 2.17. The number of halogens is 4. The van der Waals surface area contributed by atoms with Gasteiger partial charge in [-0.1, -0.05) is 19.3 Å². The van der Waals surface area contributed by atoms with Gasteiger partial charge in [-0.05, 0) is 12.8 Å². The summed E-state index contributed by atoms with van der Waals surface area (Å²) in [7, 11) is 0. The van der Waals surface area contributed by atoms with Crippen LogP contribution in [0, 0.1) is 0 Å². The van der Waals surface area contributed by atoms with Crippen molar-refractivity contribution in [3.05, 3.63) is 16.1 Å². The third-order valence-electron chi connectivity index (χ3n) is 3.06. The third-order valence-corrected chi connectivity index (χ3v) is 4.76. The number of hydrogen-bond acceptors (Lipinski definition) is 2. The van der Waals surface area contributed by atoms with Crippen molar-refractivity contribution in [2.24, 2.45) is 0 Å². The molecule has 1 aliphatic carbocycles. The molecule has 1 saturated carbocycles. The van der Waals surface area contributed by atoms with Crippen LogP contribution >= 0.6 is 22.9 Å². The highest BCUT2D eigenvalue weighted by Gasteiger charge is 2.36. The van der Waals surface area contributed by atoms with Crippen molar-refractivity contribution in [1.82, 2.24) is 4.98 Å². The summed E-state index contributed by atoms with van der Waals surface area (Å²) in [4.78, 5) is 4.14. The fourth-order valence-corrected chi connectivity index (χ4v) is 3.65. The van der Waals surface area contributed by atoms with Crippen molar-refractivity contribution in [2.75, 3.05) is 0 Å². The van der Waals surface area contributed by atoms with E-state index in [1.54, 1.807) is 0 Å². The normalized spacial score (nSPS) is 26.8. The van der Waals surface area contributed by atoms with Crippen LogP contribution < -0.4 is 0 Å². The Kier molecular flexibility index (Phi) is 3.98. The number of thiazole rings is 1. The first-order valence-electron chi connectivity index (χ1n) is 5.65. The van der Waals surface area contributed by atoms with Gasteiger partial charge in [0.15, 0.2) is 5.01 Å². The fraction of sp³-hybridized carbons (Fsp3) is 0.727. The van der Waals surface area contributed by atoms with Gasteiger partial charge in [-0.15, -0.1) is 22.9 Å². The summed E-state index contributed by atoms with van der Waals surface area (Å²) in [6.07, 6.45) is 1.97. The highest BCUT2D eigenvalue weighted by atomic mass is 35.5. The van der Waals surface area contributed by atoms with Gasteiger partial charge in [0.2, 0.25) is 0 Å². The van der Waals surface area contributed by atoms with Crippen LogP contribution in [-0.2, 0) is 6.18 Å². The lowest BCUT2D eigenvalue weighted by Crippen LogP contribution is -2.09. The molecular weight excluding hydrogens is 271 g/mol. The van der Waals surface area contributed by atoms with E-state index in [1.165, 1.54) is 6.20 Å². The van der Waals surface area contributed by atoms with Crippen molar-refractivity contribution in [1.29, 1.82) is 0 Å². The summed E-state index contributed by atoms with van der Waals surface area (Å²) in [5.41, 5.74) is 0. The molecule has 1 heterocycles. The minimum absolute atomic E-state index is 0.0350. The maximum atomic E-state index is 12.5. The Morgan fingerprint density at radius 2 is 1.94 bits per heavy atom. The molecule has 1 aromatic heterocycles. The van der Waals surface area contributed by atoms with Crippen molar-refractivity contribution < 1.29 is 13.2 Å². The maximum absolute atomic E-state index is 12.5. The van der Waals surface area contributed by atoms with Gasteiger partial charge in [-0.2, -0.15) is 13.2 Å². The van der Waals surface area contributed by atoms with Gasteiger partial charge >= 0.3 is 6.18 Å². The predicted octanol–water partition coefficient (Wildman–Crippen LogP) is 4.82. The molecule has 96 valence electrons. The number of alkyl halides is 4. The highest BCUT2D eigenvalue weighted by Crippen LogP contribution is 2.40. The van der Waals surface area contributed by atoms with Gasteiger partial charge in [0.05, 0.1) is 0 Å². The lowest BCUT2D eigenvalue weighted by molar-refractivity contribution is -0.137. The Morgan fingerprint density at radius 3 is 2.59 bits per heavy atom. The molecule has 2 atom stereocenters. The van der Waals surface area contributed by atoms with Crippen LogP contribution in [0.1, 0.15) is 47.9 Å². The SMILES string of the molecule is FC(F)(F)c1ncc(C2CCCCCC2Cl)s1. The Morgan fingerprint density at radius 1 is 1.24 bits per heavy atom. The highest BCUT2D eigenvalue weighted by molar-refractivity contribution is 7.11. The molecule has 0 aliphatic heterocycles. The van der Waals surface area contributed by atoms with E-state index in [1.807, 2.05) is 0 Å². The minimum atomic E-state index is -4.34. The van der Waals surface area contributed by atoms with Crippen LogP contribution in [0.2, 0.25) is 0 Å². The summed E-state index contributed by atoms with van der Waals surface area (Å²) in [5, 5.41) is -0.820. The van der Waals surface area contributed by atoms with E-state index in [-0.39, 0.29) is 11.3 Å². The molecule has 1 aromatic rings. The molecule has 2 unspecified atom stereocenters. The van der Waals surface area contributed by atoms with Crippen LogP contribution in [0.25, 0.3) is 0 Å². The van der Waals surface area contributed by atoms with Crippen LogP contribution in [0.4, 0.5) is 13.2 Å². The van der Waals surface area contributed by atoms with Gasteiger partial charge in [0.25, 0.3) is 0 Å². The van der Waals surface area contributed by atoms with Crippen LogP contribution in [0.5, 0.6) is 0 Å². The van der Waals surface area contributed by atoms with Crippen molar-refractivity contribution in [3.8, 4) is 0 Å². The topological polar surface area (TPSA) is 12.9 Å². The summed E-state index contributed by atoms with van der Waals surface area (Å²) < 4.78 is 37.4. The molecule has 2 rings (SSSR count). The van der Waals surface area contributed by atoms with E-state index in [0.29, 0.717) is 4.88 Å². The molecule has 0 bridgehead atoms. The zero-order valence-corrected chi connectivity index (χ0v) is 10.7. The van der Waals surface area contributed by atoms with E-state index in [2.05, 4.69) is 4.98 Å². The molecule has 1 aliphatic rings. The molecule has 1 fully saturated rings. The van der Waals surface area contributed by atoms with Crippen LogP contribution in [-0.4, -0.2) is 10.4 Å². The monoisotopic (exact) mass is 283 g/mol. The standard InChI is InChI=1S/C11H13ClF3NS/c12-8-5-3-1-2-4-7(8)9-6-16-10(17-9)11(13,14)15/h6-8H,1-5H2. The van der Waals surface area contributed by atoms with Gasteiger partial charge in [-0.3, -0.25) is 0 Å². The molecule has 0 N–H and O–H groups in total. The zero-order chi connectivity index (χ0) is 12.5. The number of rotatable bonds is 1. The molecule has 0 saturated heterocycles. The number of hydrogen-bond donors (Lipinski definition) is 0. The first kappa shape index (κ1) is 13.1. The van der Waals surface area contributed by atoms with E-state index < -0.39 is 11.2 Å². The first-order valence-corrected chi connectivity index (χ1v) is 6.91. The summed E-state index contributed by atoms with van der Waals surface area (Å²) in [6, 6.07) is 0. The second-order valence-corrected chi connectivity index (χ2v) is 5.95. The van der Waals surface area contributed by atoms with Crippen molar-refractivity contribution >= 4 is 22.9 Å². The summed E-state index contributed by atoms with van der Waals surface area (Å²) in [5.74, 6) is 0.0350. The molecule has 0 aromatic carbocycles. The van der Waals surface area contributed by atoms with Gasteiger partial charge in [-0.25, -0.2) is 4.98 Å². The smallest absolute Gasteiger partial charge is 0.240 e. The summed E-state index contributed by atoms with van der Waals surface area (Å²) >= 11 is 6.98.